The molecule has 1 aliphatic heterocycles. The molecule has 1 aromatic carbocycles. The predicted octanol–water partition coefficient (Wildman–Crippen LogP) is 2.63. The van der Waals surface area contributed by atoms with Gasteiger partial charge in [0.25, 0.3) is 0 Å². The molecule has 0 aromatic heterocycles. The lowest BCUT2D eigenvalue weighted by atomic mass is 10.1. The highest BCUT2D eigenvalue weighted by molar-refractivity contribution is 9.10. The molecule has 1 heterocycles. The Balaban J connectivity index is 2.11. The molecule has 1 atom stereocenters. The van der Waals surface area contributed by atoms with Crippen molar-refractivity contribution in [1.29, 1.82) is 0 Å². The minimum Gasteiger partial charge on any atom is -0.369 e. The highest BCUT2D eigenvalue weighted by Crippen LogP contribution is 2.28. The van der Waals surface area contributed by atoms with Crippen LogP contribution in [0, 0.1) is 11.7 Å². The Labute approximate surface area is 104 Å². The van der Waals surface area contributed by atoms with E-state index in [4.69, 9.17) is 0 Å². The van der Waals surface area contributed by atoms with Gasteiger partial charge in [-0.15, -0.1) is 0 Å². The van der Waals surface area contributed by atoms with Crippen LogP contribution in [-0.2, 0) is 0 Å². The highest BCUT2D eigenvalue weighted by Gasteiger charge is 2.23. The quantitative estimate of drug-likeness (QED) is 0.919. The van der Waals surface area contributed by atoms with Crippen LogP contribution in [0.1, 0.15) is 6.42 Å². The molecule has 0 spiro atoms. The Kier molecular flexibility index (Phi) is 3.82. The summed E-state index contributed by atoms with van der Waals surface area (Å²) >= 11 is 3.38. The average Bonchev–Trinajstić information content (AvgIpc) is 2.71. The van der Waals surface area contributed by atoms with E-state index in [0.717, 1.165) is 30.5 Å². The van der Waals surface area contributed by atoms with Gasteiger partial charge in [-0.3, -0.25) is 0 Å². The van der Waals surface area contributed by atoms with Gasteiger partial charge in [-0.25, -0.2) is 4.39 Å². The van der Waals surface area contributed by atoms with Crippen molar-refractivity contribution in [3.05, 3.63) is 28.5 Å². The third-order valence-electron chi connectivity index (χ3n) is 3.03. The molecule has 4 heteroatoms. The number of rotatable bonds is 3. The van der Waals surface area contributed by atoms with Gasteiger partial charge in [0.05, 0.1) is 5.69 Å². The van der Waals surface area contributed by atoms with E-state index in [1.807, 2.05) is 13.1 Å². The summed E-state index contributed by atoms with van der Waals surface area (Å²) in [6.45, 7) is 2.89. The molecule has 16 heavy (non-hydrogen) atoms. The molecular weight excluding hydrogens is 271 g/mol. The summed E-state index contributed by atoms with van der Waals surface area (Å²) in [7, 11) is 1.96. The molecule has 0 aliphatic carbocycles. The molecule has 0 bridgehead atoms. The fourth-order valence-electron chi connectivity index (χ4n) is 2.23. The molecule has 1 N–H and O–H groups in total. The first-order valence-electron chi connectivity index (χ1n) is 5.55. The van der Waals surface area contributed by atoms with Gasteiger partial charge < -0.3 is 10.2 Å². The molecule has 1 aliphatic rings. The van der Waals surface area contributed by atoms with Crippen LogP contribution in [0.3, 0.4) is 0 Å². The van der Waals surface area contributed by atoms with E-state index >= 15 is 0 Å². The standard InChI is InChI=1S/C12H16BrFN2/c1-15-7-9-4-5-16(8-9)12-6-10(13)2-3-11(12)14/h2-3,6,9,15H,4-5,7-8H2,1H3. The van der Waals surface area contributed by atoms with Gasteiger partial charge in [0.2, 0.25) is 0 Å². The van der Waals surface area contributed by atoms with Crippen molar-refractivity contribution in [2.24, 2.45) is 5.92 Å². The van der Waals surface area contributed by atoms with Gasteiger partial charge in [-0.1, -0.05) is 15.9 Å². The Hall–Kier alpha value is -0.610. The van der Waals surface area contributed by atoms with E-state index in [1.165, 1.54) is 6.07 Å². The van der Waals surface area contributed by atoms with Crippen LogP contribution < -0.4 is 10.2 Å². The van der Waals surface area contributed by atoms with E-state index in [2.05, 4.69) is 26.1 Å². The van der Waals surface area contributed by atoms with Crippen molar-refractivity contribution in [3.63, 3.8) is 0 Å². The van der Waals surface area contributed by atoms with Crippen molar-refractivity contribution in [1.82, 2.24) is 5.32 Å². The zero-order valence-electron chi connectivity index (χ0n) is 9.34. The van der Waals surface area contributed by atoms with E-state index in [0.29, 0.717) is 11.6 Å². The molecule has 1 unspecified atom stereocenters. The second-order valence-electron chi connectivity index (χ2n) is 4.25. The maximum absolute atomic E-state index is 13.7. The molecule has 0 saturated carbocycles. The van der Waals surface area contributed by atoms with Crippen molar-refractivity contribution in [2.75, 3.05) is 31.6 Å². The lowest BCUT2D eigenvalue weighted by Gasteiger charge is -2.19. The summed E-state index contributed by atoms with van der Waals surface area (Å²) in [6, 6.07) is 5.11. The molecule has 1 fully saturated rings. The summed E-state index contributed by atoms with van der Waals surface area (Å²) in [6.07, 6.45) is 1.13. The Morgan fingerprint density at radius 2 is 2.38 bits per heavy atom. The van der Waals surface area contributed by atoms with Crippen molar-refractivity contribution >= 4 is 21.6 Å². The van der Waals surface area contributed by atoms with Crippen LogP contribution in [0.4, 0.5) is 10.1 Å². The summed E-state index contributed by atoms with van der Waals surface area (Å²) in [5.41, 5.74) is 0.716. The number of nitrogens with one attached hydrogen (secondary N) is 1. The largest absolute Gasteiger partial charge is 0.369 e. The maximum atomic E-state index is 13.7. The lowest BCUT2D eigenvalue weighted by molar-refractivity contribution is 0.548. The van der Waals surface area contributed by atoms with E-state index in [1.54, 1.807) is 6.07 Å². The van der Waals surface area contributed by atoms with E-state index in [9.17, 15) is 4.39 Å². The minimum atomic E-state index is -0.131. The Bertz CT molecular complexity index is 370. The molecule has 2 rings (SSSR count). The number of benzene rings is 1. The lowest BCUT2D eigenvalue weighted by Crippen LogP contribution is -2.24. The van der Waals surface area contributed by atoms with Crippen molar-refractivity contribution in [3.8, 4) is 0 Å². The SMILES string of the molecule is CNCC1CCN(c2cc(Br)ccc2F)C1. The topological polar surface area (TPSA) is 15.3 Å². The number of halogens is 2. The number of nitrogens with zero attached hydrogens (tertiary/aromatic N) is 1. The monoisotopic (exact) mass is 286 g/mol. The molecule has 0 amide bonds. The van der Waals surface area contributed by atoms with Gasteiger partial charge in [0.15, 0.2) is 0 Å². The average molecular weight is 287 g/mol. The maximum Gasteiger partial charge on any atom is 0.146 e. The van der Waals surface area contributed by atoms with Crippen molar-refractivity contribution < 1.29 is 4.39 Å². The van der Waals surface area contributed by atoms with Crippen LogP contribution in [-0.4, -0.2) is 26.7 Å². The smallest absolute Gasteiger partial charge is 0.146 e. The molecule has 1 aromatic rings. The Morgan fingerprint density at radius 3 is 3.12 bits per heavy atom. The number of hydrogen-bond donors (Lipinski definition) is 1. The van der Waals surface area contributed by atoms with Gasteiger partial charge in [0.1, 0.15) is 5.82 Å². The summed E-state index contributed by atoms with van der Waals surface area (Å²) in [5, 5.41) is 3.18. The van der Waals surface area contributed by atoms with Crippen molar-refractivity contribution in [2.45, 2.75) is 6.42 Å². The predicted molar refractivity (Wildman–Crippen MR) is 68.3 cm³/mol. The summed E-state index contributed by atoms with van der Waals surface area (Å²) < 4.78 is 14.6. The number of hydrogen-bond acceptors (Lipinski definition) is 2. The Morgan fingerprint density at radius 1 is 1.56 bits per heavy atom. The first-order valence-corrected chi connectivity index (χ1v) is 6.34. The molecule has 0 radical (unpaired) electrons. The van der Waals surface area contributed by atoms with Gasteiger partial charge in [0, 0.05) is 17.6 Å². The molecule has 2 nitrogen and oxygen atoms in total. The molecule has 88 valence electrons. The van der Waals surface area contributed by atoms with Crippen LogP contribution in [0.25, 0.3) is 0 Å². The zero-order chi connectivity index (χ0) is 11.5. The van der Waals surface area contributed by atoms with Gasteiger partial charge in [-0.05, 0) is 44.1 Å². The number of anilines is 1. The fourth-order valence-corrected chi connectivity index (χ4v) is 2.58. The van der Waals surface area contributed by atoms with Gasteiger partial charge >= 0.3 is 0 Å². The van der Waals surface area contributed by atoms with E-state index in [-0.39, 0.29) is 5.82 Å². The third-order valence-corrected chi connectivity index (χ3v) is 3.52. The minimum absolute atomic E-state index is 0.131. The molecular formula is C12H16BrFN2. The second kappa shape index (κ2) is 5.15. The summed E-state index contributed by atoms with van der Waals surface area (Å²) in [4.78, 5) is 2.13. The third kappa shape index (κ3) is 2.55. The second-order valence-corrected chi connectivity index (χ2v) is 5.17. The highest BCUT2D eigenvalue weighted by atomic mass is 79.9. The van der Waals surface area contributed by atoms with Crippen LogP contribution in [0.5, 0.6) is 0 Å². The van der Waals surface area contributed by atoms with Gasteiger partial charge in [-0.2, -0.15) is 0 Å². The van der Waals surface area contributed by atoms with Crippen LogP contribution in [0.2, 0.25) is 0 Å². The summed E-state index contributed by atoms with van der Waals surface area (Å²) in [5.74, 6) is 0.497. The van der Waals surface area contributed by atoms with E-state index < -0.39 is 0 Å². The van der Waals surface area contributed by atoms with Crippen LogP contribution in [0.15, 0.2) is 22.7 Å². The molecule has 1 saturated heterocycles. The fraction of sp³-hybridized carbons (Fsp3) is 0.500. The first-order chi connectivity index (χ1) is 7.70. The zero-order valence-corrected chi connectivity index (χ0v) is 10.9. The first kappa shape index (κ1) is 11.9. The van der Waals surface area contributed by atoms with Crippen LogP contribution >= 0.6 is 15.9 Å². The normalized spacial score (nSPS) is 20.4.